The molecule has 0 unspecified atom stereocenters. The van der Waals surface area contributed by atoms with Crippen molar-refractivity contribution in [3.8, 4) is 12.1 Å². The molecule has 0 aliphatic heterocycles. The van der Waals surface area contributed by atoms with E-state index in [0.717, 1.165) is 5.56 Å². The Morgan fingerprint density at radius 3 is 2.39 bits per heavy atom. The predicted octanol–water partition coefficient (Wildman–Crippen LogP) is 3.61. The number of benzene rings is 1. The molecule has 0 spiro atoms. The molecule has 0 amide bonds. The van der Waals surface area contributed by atoms with Crippen LogP contribution in [0.3, 0.4) is 0 Å². The molecule has 0 bridgehead atoms. The first kappa shape index (κ1) is 13.8. The second-order valence-corrected chi connectivity index (χ2v) is 4.07. The molecule has 1 aromatic carbocycles. The quantitative estimate of drug-likeness (QED) is 0.775. The molecule has 0 N–H and O–H groups in total. The molecular weight excluding hydrogens is 246 g/mol. The van der Waals surface area contributed by atoms with Gasteiger partial charge < -0.3 is 4.90 Å². The van der Waals surface area contributed by atoms with Gasteiger partial charge in [0, 0.05) is 11.6 Å². The lowest BCUT2D eigenvalue weighted by Gasteiger charge is -2.19. The second-order valence-electron chi connectivity index (χ2n) is 3.63. The van der Waals surface area contributed by atoms with Crippen LogP contribution in [0, 0.1) is 22.7 Å². The zero-order chi connectivity index (χ0) is 13.5. The highest BCUT2D eigenvalue weighted by Gasteiger charge is 2.10. The van der Waals surface area contributed by atoms with E-state index in [4.69, 9.17) is 22.1 Å². The maximum atomic E-state index is 9.08. The van der Waals surface area contributed by atoms with Crippen LogP contribution in [0.15, 0.2) is 48.3 Å². The summed E-state index contributed by atoms with van der Waals surface area (Å²) in [5.74, 6) is 0. The first-order valence-electron chi connectivity index (χ1n) is 5.27. The Bertz CT molecular complexity index is 544. The first-order chi connectivity index (χ1) is 8.62. The first-order valence-corrected chi connectivity index (χ1v) is 5.65. The largest absolute Gasteiger partial charge is 0.335 e. The average Bonchev–Trinajstić information content (AvgIpc) is 2.40. The van der Waals surface area contributed by atoms with Crippen LogP contribution in [0.5, 0.6) is 0 Å². The van der Waals surface area contributed by atoms with Gasteiger partial charge in [-0.1, -0.05) is 30.3 Å². The van der Waals surface area contributed by atoms with E-state index in [-0.39, 0.29) is 0 Å². The molecule has 0 aliphatic rings. The van der Waals surface area contributed by atoms with Gasteiger partial charge in [0.1, 0.15) is 11.8 Å². The van der Waals surface area contributed by atoms with Crippen molar-refractivity contribution in [1.29, 1.82) is 10.5 Å². The molecule has 90 valence electrons. The smallest absolute Gasteiger partial charge is 0.133 e. The Kier molecular flexibility index (Phi) is 4.99. The van der Waals surface area contributed by atoms with Gasteiger partial charge in [0.2, 0.25) is 0 Å². The van der Waals surface area contributed by atoms with Gasteiger partial charge in [0.05, 0.1) is 11.6 Å². The van der Waals surface area contributed by atoms with Crippen molar-refractivity contribution in [3.05, 3.63) is 58.9 Å². The lowest BCUT2D eigenvalue weighted by molar-refractivity contribution is 0.474. The van der Waals surface area contributed by atoms with Crippen molar-refractivity contribution in [3.63, 3.8) is 0 Å². The summed E-state index contributed by atoms with van der Waals surface area (Å²) in [6.07, 6.45) is 1.54. The van der Waals surface area contributed by atoms with Crippen LogP contribution >= 0.6 is 11.6 Å². The highest BCUT2D eigenvalue weighted by Crippen LogP contribution is 2.16. The molecule has 0 heterocycles. The van der Waals surface area contributed by atoms with Crippen molar-refractivity contribution >= 4 is 11.6 Å². The molecule has 0 atom stereocenters. The maximum absolute atomic E-state index is 9.08. The molecule has 1 aromatic rings. The van der Waals surface area contributed by atoms with Crippen LogP contribution in [0.25, 0.3) is 0 Å². The Morgan fingerprint density at radius 2 is 1.94 bits per heavy atom. The Labute approximate surface area is 112 Å². The molecule has 1 rings (SSSR count). The van der Waals surface area contributed by atoms with Crippen LogP contribution in [0.1, 0.15) is 12.5 Å². The van der Waals surface area contributed by atoms with Crippen LogP contribution in [0.4, 0.5) is 0 Å². The summed E-state index contributed by atoms with van der Waals surface area (Å²) in [6.45, 7) is 5.75. The highest BCUT2D eigenvalue weighted by molar-refractivity contribution is 6.30. The third kappa shape index (κ3) is 3.38. The third-order valence-corrected chi connectivity index (χ3v) is 2.65. The minimum atomic E-state index is 0.308. The fourth-order valence-corrected chi connectivity index (χ4v) is 1.56. The molecule has 0 saturated heterocycles. The summed E-state index contributed by atoms with van der Waals surface area (Å²) < 4.78 is 0. The number of nitriles is 2. The Balaban J connectivity index is 3.00. The molecule has 0 fully saturated rings. The van der Waals surface area contributed by atoms with Crippen molar-refractivity contribution < 1.29 is 0 Å². The number of nitrogens with zero attached hydrogens (tertiary/aromatic N) is 3. The van der Waals surface area contributed by atoms with Gasteiger partial charge in [-0.05, 0) is 30.8 Å². The second kappa shape index (κ2) is 6.49. The van der Waals surface area contributed by atoms with E-state index in [1.807, 2.05) is 24.3 Å². The van der Waals surface area contributed by atoms with Crippen LogP contribution < -0.4 is 0 Å². The molecule has 4 heteroatoms. The number of hydrogen-bond donors (Lipinski definition) is 0. The van der Waals surface area contributed by atoms with Crippen LogP contribution in [-0.4, -0.2) is 4.90 Å². The molecule has 18 heavy (non-hydrogen) atoms. The minimum absolute atomic E-state index is 0.308. The number of halogens is 1. The molecule has 3 nitrogen and oxygen atoms in total. The van der Waals surface area contributed by atoms with E-state index in [1.165, 1.54) is 6.20 Å². The standard InChI is InChI=1S/C14H12ClN3/c1-3-18(14(9-17)11(2)8-16)10-12-4-6-13(15)7-5-12/h3-7H,1,10H2,2H3/b14-11+. The molecule has 0 aromatic heterocycles. The van der Waals surface area contributed by atoms with E-state index in [0.29, 0.717) is 22.8 Å². The van der Waals surface area contributed by atoms with Gasteiger partial charge in [-0.3, -0.25) is 0 Å². The minimum Gasteiger partial charge on any atom is -0.335 e. The van der Waals surface area contributed by atoms with Crippen LogP contribution in [-0.2, 0) is 6.54 Å². The summed E-state index contributed by atoms with van der Waals surface area (Å²) in [4.78, 5) is 1.64. The van der Waals surface area contributed by atoms with Crippen molar-refractivity contribution in [2.24, 2.45) is 0 Å². The van der Waals surface area contributed by atoms with Gasteiger partial charge in [-0.2, -0.15) is 10.5 Å². The van der Waals surface area contributed by atoms with E-state index >= 15 is 0 Å². The summed E-state index contributed by atoms with van der Waals surface area (Å²) in [5.41, 5.74) is 1.66. The van der Waals surface area contributed by atoms with Gasteiger partial charge in [-0.15, -0.1) is 0 Å². The van der Waals surface area contributed by atoms with E-state index < -0.39 is 0 Å². The van der Waals surface area contributed by atoms with E-state index in [9.17, 15) is 0 Å². The van der Waals surface area contributed by atoms with Crippen molar-refractivity contribution in [2.45, 2.75) is 13.5 Å². The molecule has 0 radical (unpaired) electrons. The fraction of sp³-hybridized carbons (Fsp3) is 0.143. The zero-order valence-electron chi connectivity index (χ0n) is 10.0. The molecular formula is C14H12ClN3. The SMILES string of the molecule is C=CN(Cc1ccc(Cl)cc1)/C(C#N)=C(\C)C#N. The number of allylic oxidation sites excluding steroid dienone is 2. The predicted molar refractivity (Wildman–Crippen MR) is 71.1 cm³/mol. The summed E-state index contributed by atoms with van der Waals surface area (Å²) >= 11 is 5.81. The topological polar surface area (TPSA) is 50.8 Å². The molecule has 0 saturated carbocycles. The summed E-state index contributed by atoms with van der Waals surface area (Å²) in [5, 5.41) is 18.6. The van der Waals surface area contributed by atoms with Gasteiger partial charge >= 0.3 is 0 Å². The van der Waals surface area contributed by atoms with Gasteiger partial charge in [0.25, 0.3) is 0 Å². The lowest BCUT2D eigenvalue weighted by Crippen LogP contribution is -2.16. The normalized spacial score (nSPS) is 10.9. The monoisotopic (exact) mass is 257 g/mol. The third-order valence-electron chi connectivity index (χ3n) is 2.40. The highest BCUT2D eigenvalue weighted by atomic mass is 35.5. The summed E-state index contributed by atoms with van der Waals surface area (Å²) in [6, 6.07) is 11.3. The average molecular weight is 258 g/mol. The van der Waals surface area contributed by atoms with Gasteiger partial charge in [-0.25, -0.2) is 0 Å². The molecule has 0 aliphatic carbocycles. The van der Waals surface area contributed by atoms with E-state index in [2.05, 4.69) is 6.58 Å². The number of hydrogen-bond acceptors (Lipinski definition) is 3. The van der Waals surface area contributed by atoms with Crippen LogP contribution in [0.2, 0.25) is 5.02 Å². The zero-order valence-corrected chi connectivity index (χ0v) is 10.8. The lowest BCUT2D eigenvalue weighted by atomic mass is 10.2. The summed E-state index contributed by atoms with van der Waals surface area (Å²) in [7, 11) is 0. The maximum Gasteiger partial charge on any atom is 0.133 e. The van der Waals surface area contributed by atoms with Gasteiger partial charge in [0.15, 0.2) is 0 Å². The van der Waals surface area contributed by atoms with Crippen molar-refractivity contribution in [2.75, 3.05) is 0 Å². The Morgan fingerprint density at radius 1 is 1.33 bits per heavy atom. The Hall–Kier alpha value is -2.23. The number of rotatable bonds is 4. The van der Waals surface area contributed by atoms with E-state index in [1.54, 1.807) is 24.0 Å². The fourth-order valence-electron chi connectivity index (χ4n) is 1.44. The van der Waals surface area contributed by atoms with Crippen molar-refractivity contribution in [1.82, 2.24) is 4.90 Å².